The number of hydrogen-bond acceptors (Lipinski definition) is 5. The summed E-state index contributed by atoms with van der Waals surface area (Å²) in [6.07, 6.45) is 1.52. The van der Waals surface area contributed by atoms with E-state index in [4.69, 9.17) is 5.11 Å². The number of carboxylic acid groups (broad SMARTS) is 1. The maximum atomic E-state index is 10.5. The van der Waals surface area contributed by atoms with Crippen LogP contribution in [0.3, 0.4) is 0 Å². The molecule has 6 heteroatoms. The van der Waals surface area contributed by atoms with Crippen LogP contribution in [0.25, 0.3) is 0 Å². The number of carboxylic acids is 1. The Labute approximate surface area is 99.1 Å². The second kappa shape index (κ2) is 5.25. The molecule has 90 valence electrons. The van der Waals surface area contributed by atoms with Gasteiger partial charge in [0.25, 0.3) is 0 Å². The molecule has 0 fully saturated rings. The molecule has 1 rings (SSSR count). The molecular formula is C10H17N3O2S. The molecule has 0 unspecified atom stereocenters. The number of carbonyl (C=O) groups is 1. The number of aromatic nitrogens is 2. The number of nitrogens with zero attached hydrogens (tertiary/aromatic N) is 2. The van der Waals surface area contributed by atoms with Crippen LogP contribution in [0, 0.1) is 0 Å². The van der Waals surface area contributed by atoms with E-state index >= 15 is 0 Å². The molecule has 1 heterocycles. The van der Waals surface area contributed by atoms with Gasteiger partial charge in [-0.1, -0.05) is 6.92 Å². The molecule has 1 aromatic heterocycles. The molecule has 0 aromatic carbocycles. The van der Waals surface area contributed by atoms with E-state index in [2.05, 4.69) is 14.7 Å². The molecule has 2 N–H and O–H groups in total. The van der Waals surface area contributed by atoms with Crippen molar-refractivity contribution in [3.63, 3.8) is 0 Å². The van der Waals surface area contributed by atoms with Crippen LogP contribution in [0.15, 0.2) is 0 Å². The van der Waals surface area contributed by atoms with E-state index in [0.717, 1.165) is 17.4 Å². The fourth-order valence-corrected chi connectivity index (χ4v) is 2.05. The third-order valence-electron chi connectivity index (χ3n) is 2.19. The minimum Gasteiger partial charge on any atom is -0.481 e. The maximum absolute atomic E-state index is 10.5. The first kappa shape index (κ1) is 12.9. The van der Waals surface area contributed by atoms with Gasteiger partial charge in [0.1, 0.15) is 5.82 Å². The standard InChI is InChI=1S/C10H17N3O2S/c1-4-7-11-9(16-13-7)12-10(2,3)6-5-8(14)15/h4-6H2,1-3H3,(H,14,15)(H,11,12,13). The fourth-order valence-electron chi connectivity index (χ4n) is 1.22. The normalized spacial score (nSPS) is 11.4. The zero-order valence-corrected chi connectivity index (χ0v) is 10.6. The van der Waals surface area contributed by atoms with E-state index in [1.165, 1.54) is 11.5 Å². The minimum absolute atomic E-state index is 0.152. The van der Waals surface area contributed by atoms with Crippen LogP contribution in [0.2, 0.25) is 0 Å². The van der Waals surface area contributed by atoms with E-state index in [1.807, 2.05) is 20.8 Å². The third kappa shape index (κ3) is 4.14. The van der Waals surface area contributed by atoms with E-state index in [-0.39, 0.29) is 12.0 Å². The van der Waals surface area contributed by atoms with Gasteiger partial charge in [0.2, 0.25) is 5.13 Å². The van der Waals surface area contributed by atoms with Crippen LogP contribution < -0.4 is 5.32 Å². The topological polar surface area (TPSA) is 75.1 Å². The van der Waals surface area contributed by atoms with Crippen molar-refractivity contribution in [2.45, 2.75) is 45.6 Å². The predicted molar refractivity (Wildman–Crippen MR) is 63.9 cm³/mol. The Bertz CT molecular complexity index is 363. The minimum atomic E-state index is -0.776. The lowest BCUT2D eigenvalue weighted by Gasteiger charge is -2.24. The second-order valence-corrected chi connectivity index (χ2v) is 5.02. The summed E-state index contributed by atoms with van der Waals surface area (Å²) in [5.74, 6) is 0.0444. The van der Waals surface area contributed by atoms with Gasteiger partial charge in [-0.2, -0.15) is 4.37 Å². The van der Waals surface area contributed by atoms with Crippen LogP contribution in [-0.4, -0.2) is 26.0 Å². The largest absolute Gasteiger partial charge is 0.481 e. The SMILES string of the molecule is CCc1nsc(NC(C)(C)CCC(=O)O)n1. The maximum Gasteiger partial charge on any atom is 0.303 e. The van der Waals surface area contributed by atoms with Gasteiger partial charge in [0, 0.05) is 29.9 Å². The fraction of sp³-hybridized carbons (Fsp3) is 0.700. The molecular weight excluding hydrogens is 226 g/mol. The second-order valence-electron chi connectivity index (χ2n) is 4.27. The molecule has 1 aromatic rings. The Morgan fingerprint density at radius 2 is 2.25 bits per heavy atom. The van der Waals surface area contributed by atoms with Crippen molar-refractivity contribution in [1.29, 1.82) is 0 Å². The molecule has 0 spiro atoms. The van der Waals surface area contributed by atoms with E-state index in [0.29, 0.717) is 6.42 Å². The van der Waals surface area contributed by atoms with E-state index in [9.17, 15) is 4.79 Å². The molecule has 0 aliphatic heterocycles. The lowest BCUT2D eigenvalue weighted by Crippen LogP contribution is -2.31. The summed E-state index contributed by atoms with van der Waals surface area (Å²) in [6.45, 7) is 5.92. The Balaban J connectivity index is 2.54. The van der Waals surface area contributed by atoms with Crippen molar-refractivity contribution in [1.82, 2.24) is 9.36 Å². The molecule has 0 atom stereocenters. The summed E-state index contributed by atoms with van der Waals surface area (Å²) in [6, 6.07) is 0. The first-order chi connectivity index (χ1) is 7.43. The molecule has 0 aliphatic carbocycles. The highest BCUT2D eigenvalue weighted by atomic mass is 32.1. The lowest BCUT2D eigenvalue weighted by atomic mass is 9.99. The van der Waals surface area contributed by atoms with Crippen molar-refractivity contribution in [2.24, 2.45) is 0 Å². The molecule has 0 saturated heterocycles. The van der Waals surface area contributed by atoms with Gasteiger partial charge in [-0.25, -0.2) is 4.98 Å². The summed E-state index contributed by atoms with van der Waals surface area (Å²) in [4.78, 5) is 14.8. The summed E-state index contributed by atoms with van der Waals surface area (Å²) in [7, 11) is 0. The molecule has 0 amide bonds. The zero-order valence-electron chi connectivity index (χ0n) is 9.78. The highest BCUT2D eigenvalue weighted by Gasteiger charge is 2.20. The third-order valence-corrected chi connectivity index (χ3v) is 2.86. The van der Waals surface area contributed by atoms with Crippen LogP contribution in [0.5, 0.6) is 0 Å². The number of anilines is 1. The highest BCUT2D eigenvalue weighted by Crippen LogP contribution is 2.21. The van der Waals surface area contributed by atoms with Gasteiger partial charge in [-0.05, 0) is 20.3 Å². The van der Waals surface area contributed by atoms with Crippen LogP contribution in [0.1, 0.15) is 39.4 Å². The smallest absolute Gasteiger partial charge is 0.303 e. The van der Waals surface area contributed by atoms with Gasteiger partial charge in [-0.15, -0.1) is 0 Å². The number of rotatable bonds is 6. The van der Waals surface area contributed by atoms with Crippen LogP contribution in [0.4, 0.5) is 5.13 Å². The Hall–Kier alpha value is -1.17. The summed E-state index contributed by atoms with van der Waals surface area (Å²) in [5, 5.41) is 12.6. The van der Waals surface area contributed by atoms with Gasteiger partial charge >= 0.3 is 5.97 Å². The highest BCUT2D eigenvalue weighted by molar-refractivity contribution is 7.09. The first-order valence-electron chi connectivity index (χ1n) is 5.25. The van der Waals surface area contributed by atoms with Crippen molar-refractivity contribution >= 4 is 22.6 Å². The van der Waals surface area contributed by atoms with Crippen molar-refractivity contribution in [3.8, 4) is 0 Å². The van der Waals surface area contributed by atoms with Crippen LogP contribution >= 0.6 is 11.5 Å². The Kier molecular flexibility index (Phi) is 4.23. The summed E-state index contributed by atoms with van der Waals surface area (Å²) in [5.41, 5.74) is -0.275. The Morgan fingerprint density at radius 1 is 1.56 bits per heavy atom. The number of nitrogens with one attached hydrogen (secondary N) is 1. The number of aryl methyl sites for hydroxylation is 1. The molecule has 5 nitrogen and oxygen atoms in total. The summed E-state index contributed by atoms with van der Waals surface area (Å²) < 4.78 is 4.17. The van der Waals surface area contributed by atoms with Crippen molar-refractivity contribution in [3.05, 3.63) is 5.82 Å². The lowest BCUT2D eigenvalue weighted by molar-refractivity contribution is -0.137. The van der Waals surface area contributed by atoms with Gasteiger partial charge in [0.05, 0.1) is 0 Å². The van der Waals surface area contributed by atoms with E-state index in [1.54, 1.807) is 0 Å². The predicted octanol–water partition coefficient (Wildman–Crippen LogP) is 2.16. The van der Waals surface area contributed by atoms with Crippen molar-refractivity contribution in [2.75, 3.05) is 5.32 Å². The molecule has 0 saturated carbocycles. The zero-order chi connectivity index (χ0) is 12.2. The van der Waals surface area contributed by atoms with Crippen molar-refractivity contribution < 1.29 is 9.90 Å². The monoisotopic (exact) mass is 243 g/mol. The average molecular weight is 243 g/mol. The quantitative estimate of drug-likeness (QED) is 0.800. The molecule has 0 bridgehead atoms. The summed E-state index contributed by atoms with van der Waals surface area (Å²) >= 11 is 1.32. The van der Waals surface area contributed by atoms with E-state index < -0.39 is 5.97 Å². The van der Waals surface area contributed by atoms with Gasteiger partial charge < -0.3 is 10.4 Å². The van der Waals surface area contributed by atoms with Crippen LogP contribution in [-0.2, 0) is 11.2 Å². The first-order valence-corrected chi connectivity index (χ1v) is 6.03. The van der Waals surface area contributed by atoms with Gasteiger partial charge in [-0.3, -0.25) is 4.79 Å². The average Bonchev–Trinajstić information content (AvgIpc) is 2.62. The Morgan fingerprint density at radius 3 is 2.75 bits per heavy atom. The molecule has 0 aliphatic rings. The molecule has 16 heavy (non-hydrogen) atoms. The number of hydrogen-bond donors (Lipinski definition) is 2. The number of aliphatic carboxylic acids is 1. The molecule has 0 radical (unpaired) electrons. The van der Waals surface area contributed by atoms with Gasteiger partial charge in [0.15, 0.2) is 0 Å².